The molecule has 3 heterocycles. The lowest BCUT2D eigenvalue weighted by Gasteiger charge is -2.03. The zero-order valence-electron chi connectivity index (χ0n) is 14.3. The number of rotatable bonds is 5. The van der Waals surface area contributed by atoms with E-state index in [1.54, 1.807) is 18.2 Å². The highest BCUT2D eigenvalue weighted by Crippen LogP contribution is 2.36. The Hall–Kier alpha value is -1.97. The zero-order chi connectivity index (χ0) is 19.7. The molecule has 3 aromatic heterocycles. The smallest absolute Gasteiger partial charge is 0.267 e. The fourth-order valence-electron chi connectivity index (χ4n) is 2.39. The van der Waals surface area contributed by atoms with Crippen LogP contribution in [-0.2, 0) is 0 Å². The van der Waals surface area contributed by atoms with Gasteiger partial charge < -0.3 is 5.32 Å². The third-order valence-electron chi connectivity index (χ3n) is 3.67. The van der Waals surface area contributed by atoms with Gasteiger partial charge in [-0.3, -0.25) is 10.1 Å². The van der Waals surface area contributed by atoms with Gasteiger partial charge in [0.15, 0.2) is 10.3 Å². The Labute approximate surface area is 183 Å². The second-order valence-corrected chi connectivity index (χ2v) is 9.28. The number of hydrogen-bond donors (Lipinski definition) is 2. The summed E-state index contributed by atoms with van der Waals surface area (Å²) in [4.78, 5) is 22.9. The highest BCUT2D eigenvalue weighted by atomic mass is 35.5. The summed E-state index contributed by atoms with van der Waals surface area (Å²) in [7, 11) is 0. The monoisotopic (exact) mass is 466 g/mol. The van der Waals surface area contributed by atoms with Crippen molar-refractivity contribution in [1.82, 2.24) is 9.97 Å². The number of anilines is 3. The summed E-state index contributed by atoms with van der Waals surface area (Å²) >= 11 is 16.3. The molecule has 142 valence electrons. The van der Waals surface area contributed by atoms with E-state index in [9.17, 15) is 4.79 Å². The number of benzene rings is 1. The first-order chi connectivity index (χ1) is 13.5. The number of hydrogen-bond acceptors (Lipinski definition) is 7. The first-order valence-electron chi connectivity index (χ1n) is 8.00. The number of halogens is 2. The van der Waals surface area contributed by atoms with Gasteiger partial charge in [0.05, 0.1) is 31.2 Å². The SMILES string of the molecule is Cc1nc(NC(=O)c2cccs2)sc1-c1csc(Nc2ccc(Cl)c(Cl)c2)n1. The number of carbonyl (C=O) groups excluding carboxylic acids is 1. The molecule has 5 nitrogen and oxygen atoms in total. The maximum Gasteiger partial charge on any atom is 0.267 e. The Kier molecular flexibility index (Phi) is 5.65. The average molecular weight is 467 g/mol. The van der Waals surface area contributed by atoms with E-state index in [0.717, 1.165) is 27.1 Å². The van der Waals surface area contributed by atoms with E-state index in [2.05, 4.69) is 20.6 Å². The van der Waals surface area contributed by atoms with Gasteiger partial charge in [0.25, 0.3) is 5.91 Å². The molecule has 0 saturated heterocycles. The highest BCUT2D eigenvalue weighted by Gasteiger charge is 2.16. The minimum absolute atomic E-state index is 0.157. The molecule has 0 bridgehead atoms. The molecule has 1 aromatic carbocycles. The Morgan fingerprint density at radius 1 is 1.07 bits per heavy atom. The van der Waals surface area contributed by atoms with Crippen LogP contribution in [0.25, 0.3) is 10.6 Å². The molecule has 0 aliphatic heterocycles. The number of amides is 1. The van der Waals surface area contributed by atoms with Gasteiger partial charge in [-0.1, -0.05) is 40.6 Å². The molecule has 0 atom stereocenters. The van der Waals surface area contributed by atoms with Gasteiger partial charge in [0.1, 0.15) is 0 Å². The van der Waals surface area contributed by atoms with Gasteiger partial charge in [0.2, 0.25) is 0 Å². The minimum atomic E-state index is -0.157. The van der Waals surface area contributed by atoms with Gasteiger partial charge in [-0.25, -0.2) is 9.97 Å². The average Bonchev–Trinajstić information content (AvgIpc) is 3.39. The van der Waals surface area contributed by atoms with Gasteiger partial charge in [0, 0.05) is 11.1 Å². The van der Waals surface area contributed by atoms with E-state index >= 15 is 0 Å². The molecule has 0 unspecified atom stereocenters. The number of thiophene rings is 1. The van der Waals surface area contributed by atoms with Gasteiger partial charge in [-0.15, -0.1) is 22.7 Å². The second kappa shape index (κ2) is 8.18. The molecule has 4 aromatic rings. The largest absolute Gasteiger partial charge is 0.331 e. The molecule has 4 rings (SSSR count). The number of aryl methyl sites for hydroxylation is 1. The van der Waals surface area contributed by atoms with E-state index in [0.29, 0.717) is 20.1 Å². The predicted octanol–water partition coefficient (Wildman–Crippen LogP) is 6.94. The van der Waals surface area contributed by atoms with Crippen LogP contribution < -0.4 is 10.6 Å². The number of carbonyl (C=O) groups is 1. The Morgan fingerprint density at radius 3 is 2.68 bits per heavy atom. The summed E-state index contributed by atoms with van der Waals surface area (Å²) in [5.41, 5.74) is 2.43. The molecule has 28 heavy (non-hydrogen) atoms. The second-order valence-electron chi connectivity index (χ2n) is 5.66. The molecule has 0 aliphatic rings. The molecular weight excluding hydrogens is 455 g/mol. The molecule has 0 radical (unpaired) electrons. The van der Waals surface area contributed by atoms with Crippen molar-refractivity contribution >= 4 is 79.1 Å². The topological polar surface area (TPSA) is 66.9 Å². The van der Waals surface area contributed by atoms with E-state index in [1.807, 2.05) is 29.8 Å². The molecule has 1 amide bonds. The van der Waals surface area contributed by atoms with Crippen LogP contribution in [0.4, 0.5) is 16.0 Å². The molecule has 0 spiro atoms. The Bertz CT molecular complexity index is 1140. The van der Waals surface area contributed by atoms with Gasteiger partial charge in [-0.2, -0.15) is 0 Å². The lowest BCUT2D eigenvalue weighted by Crippen LogP contribution is -2.09. The van der Waals surface area contributed by atoms with Gasteiger partial charge in [-0.05, 0) is 36.6 Å². The first kappa shape index (κ1) is 19.4. The van der Waals surface area contributed by atoms with Crippen LogP contribution in [0.2, 0.25) is 10.0 Å². The summed E-state index contributed by atoms with van der Waals surface area (Å²) in [6, 6.07) is 8.95. The quantitative estimate of drug-likeness (QED) is 0.334. The van der Waals surface area contributed by atoms with Crippen molar-refractivity contribution in [1.29, 1.82) is 0 Å². The normalized spacial score (nSPS) is 10.8. The summed E-state index contributed by atoms with van der Waals surface area (Å²) in [5, 5.41) is 12.1. The molecular formula is C18H12Cl2N4OS3. The van der Waals surface area contributed by atoms with Crippen molar-refractivity contribution in [2.75, 3.05) is 10.6 Å². The number of aromatic nitrogens is 2. The van der Waals surface area contributed by atoms with E-state index < -0.39 is 0 Å². The fourth-order valence-corrected chi connectivity index (χ4v) is 5.02. The molecule has 0 aliphatic carbocycles. The number of thiazole rings is 2. The van der Waals surface area contributed by atoms with Crippen LogP contribution in [0.15, 0.2) is 41.1 Å². The van der Waals surface area contributed by atoms with Crippen LogP contribution in [0.3, 0.4) is 0 Å². The van der Waals surface area contributed by atoms with Crippen LogP contribution in [0.1, 0.15) is 15.4 Å². The van der Waals surface area contributed by atoms with Crippen LogP contribution in [0.5, 0.6) is 0 Å². The Balaban J connectivity index is 1.51. The molecule has 10 heteroatoms. The van der Waals surface area contributed by atoms with Crippen LogP contribution in [0, 0.1) is 6.92 Å². The molecule has 2 N–H and O–H groups in total. The predicted molar refractivity (Wildman–Crippen MR) is 120 cm³/mol. The summed E-state index contributed by atoms with van der Waals surface area (Å²) in [6.45, 7) is 1.90. The first-order valence-corrected chi connectivity index (χ1v) is 11.3. The lowest BCUT2D eigenvalue weighted by molar-refractivity contribution is 0.103. The fraction of sp³-hybridized carbons (Fsp3) is 0.0556. The third-order valence-corrected chi connectivity index (χ3v) is 7.13. The van der Waals surface area contributed by atoms with Crippen molar-refractivity contribution < 1.29 is 4.79 Å². The van der Waals surface area contributed by atoms with Crippen molar-refractivity contribution in [3.8, 4) is 10.6 Å². The summed E-state index contributed by atoms with van der Waals surface area (Å²) in [5.74, 6) is -0.157. The maximum atomic E-state index is 12.2. The molecule has 0 saturated carbocycles. The maximum absolute atomic E-state index is 12.2. The van der Waals surface area contributed by atoms with E-state index in [1.165, 1.54) is 34.0 Å². The van der Waals surface area contributed by atoms with E-state index in [-0.39, 0.29) is 5.91 Å². The van der Waals surface area contributed by atoms with Gasteiger partial charge >= 0.3 is 0 Å². The van der Waals surface area contributed by atoms with Crippen LogP contribution >= 0.6 is 57.2 Å². The minimum Gasteiger partial charge on any atom is -0.331 e. The summed E-state index contributed by atoms with van der Waals surface area (Å²) < 4.78 is 0. The van der Waals surface area contributed by atoms with E-state index in [4.69, 9.17) is 23.2 Å². The lowest BCUT2D eigenvalue weighted by atomic mass is 10.3. The zero-order valence-corrected chi connectivity index (χ0v) is 18.3. The van der Waals surface area contributed by atoms with Crippen molar-refractivity contribution in [2.45, 2.75) is 6.92 Å². The highest BCUT2D eigenvalue weighted by molar-refractivity contribution is 7.20. The van der Waals surface area contributed by atoms with Crippen LogP contribution in [-0.4, -0.2) is 15.9 Å². The number of nitrogens with zero attached hydrogens (tertiary/aromatic N) is 2. The standard InChI is InChI=1S/C18H12Cl2N4OS3/c1-9-15(28-18(21-9)24-16(25)14-3-2-6-26-14)13-8-27-17(23-13)22-10-4-5-11(19)12(20)7-10/h2-8H,1H3,(H,22,23)(H,21,24,25). The number of nitrogens with one attached hydrogen (secondary N) is 2. The molecule has 0 fully saturated rings. The van der Waals surface area contributed by atoms with Crippen molar-refractivity contribution in [3.05, 3.63) is 61.7 Å². The third kappa shape index (κ3) is 4.21. The Morgan fingerprint density at radius 2 is 1.93 bits per heavy atom. The summed E-state index contributed by atoms with van der Waals surface area (Å²) in [6.07, 6.45) is 0. The van der Waals surface area contributed by atoms with Crippen molar-refractivity contribution in [2.24, 2.45) is 0 Å². The van der Waals surface area contributed by atoms with Crippen molar-refractivity contribution in [3.63, 3.8) is 0 Å².